The predicted octanol–water partition coefficient (Wildman–Crippen LogP) is 2.17. The van der Waals surface area contributed by atoms with E-state index >= 15 is 0 Å². The molecule has 8 nitrogen and oxygen atoms in total. The summed E-state index contributed by atoms with van der Waals surface area (Å²) in [5, 5.41) is 5.48. The first-order chi connectivity index (χ1) is 15.1. The molecule has 160 valence electrons. The maximum atomic E-state index is 12.7. The highest BCUT2D eigenvalue weighted by Crippen LogP contribution is 2.48. The van der Waals surface area contributed by atoms with E-state index in [9.17, 15) is 14.4 Å². The zero-order valence-electron chi connectivity index (χ0n) is 16.6. The largest absolute Gasteiger partial charge is 0.486 e. The Morgan fingerprint density at radius 2 is 1.90 bits per heavy atom. The molecule has 0 radical (unpaired) electrons. The average molecular weight is 439 g/mol. The number of nitrogens with one attached hydrogen (secondary N) is 2. The normalized spacial score (nSPS) is 20.8. The molecular formula is C22H21N3O5S. The number of carbonyl (C=O) groups excluding carboxylic acids is 3. The van der Waals surface area contributed by atoms with E-state index in [0.29, 0.717) is 41.7 Å². The van der Waals surface area contributed by atoms with Gasteiger partial charge in [0.1, 0.15) is 24.6 Å². The monoisotopic (exact) mass is 439 g/mol. The van der Waals surface area contributed by atoms with Crippen molar-refractivity contribution in [2.24, 2.45) is 0 Å². The lowest BCUT2D eigenvalue weighted by molar-refractivity contribution is -0.124. The Bertz CT molecular complexity index is 1060. The summed E-state index contributed by atoms with van der Waals surface area (Å²) in [4.78, 5) is 39.4. The van der Waals surface area contributed by atoms with Gasteiger partial charge in [-0.15, -0.1) is 11.8 Å². The fraction of sp³-hybridized carbons (Fsp3) is 0.318. The summed E-state index contributed by atoms with van der Waals surface area (Å²) in [6, 6.07) is 12.2. The van der Waals surface area contributed by atoms with Gasteiger partial charge in [0.15, 0.2) is 11.5 Å². The molecule has 3 heterocycles. The van der Waals surface area contributed by atoms with E-state index in [1.54, 1.807) is 40.9 Å². The molecule has 3 amide bonds. The number of amides is 3. The molecule has 3 aliphatic heterocycles. The third kappa shape index (κ3) is 3.69. The molecule has 9 heteroatoms. The number of hydrogen-bond acceptors (Lipinski definition) is 6. The maximum absolute atomic E-state index is 12.7. The van der Waals surface area contributed by atoms with E-state index in [-0.39, 0.29) is 36.1 Å². The Balaban J connectivity index is 1.13. The van der Waals surface area contributed by atoms with Crippen molar-refractivity contribution >= 4 is 35.2 Å². The topological polar surface area (TPSA) is 97.0 Å². The second-order valence-corrected chi connectivity index (χ2v) is 8.56. The Labute approximate surface area is 183 Å². The van der Waals surface area contributed by atoms with Crippen LogP contribution in [0.5, 0.6) is 11.5 Å². The van der Waals surface area contributed by atoms with Crippen molar-refractivity contribution in [2.45, 2.75) is 17.8 Å². The lowest BCUT2D eigenvalue weighted by Crippen LogP contribution is -2.46. The van der Waals surface area contributed by atoms with Gasteiger partial charge in [0.05, 0.1) is 0 Å². The maximum Gasteiger partial charge on any atom is 0.256 e. The van der Waals surface area contributed by atoms with E-state index in [0.717, 1.165) is 5.56 Å². The smallest absolute Gasteiger partial charge is 0.256 e. The third-order valence-corrected chi connectivity index (χ3v) is 6.78. The van der Waals surface area contributed by atoms with Crippen molar-refractivity contribution in [3.63, 3.8) is 0 Å². The zero-order chi connectivity index (χ0) is 21.4. The van der Waals surface area contributed by atoms with Crippen LogP contribution in [-0.4, -0.2) is 54.2 Å². The Kier molecular flexibility index (Phi) is 5.19. The zero-order valence-corrected chi connectivity index (χ0v) is 17.4. The van der Waals surface area contributed by atoms with Crippen LogP contribution in [0.4, 0.5) is 5.69 Å². The summed E-state index contributed by atoms with van der Waals surface area (Å²) >= 11 is 1.59. The minimum absolute atomic E-state index is 0.109. The Morgan fingerprint density at radius 3 is 2.77 bits per heavy atom. The molecule has 0 unspecified atom stereocenters. The Morgan fingerprint density at radius 1 is 1.10 bits per heavy atom. The van der Waals surface area contributed by atoms with Gasteiger partial charge >= 0.3 is 0 Å². The van der Waals surface area contributed by atoms with Gasteiger partial charge in [0.25, 0.3) is 5.91 Å². The first kappa shape index (κ1) is 19.7. The summed E-state index contributed by atoms with van der Waals surface area (Å²) in [5.41, 5.74) is 2.24. The van der Waals surface area contributed by atoms with Gasteiger partial charge in [-0.1, -0.05) is 18.2 Å². The number of hydrogen-bond donors (Lipinski definition) is 2. The van der Waals surface area contributed by atoms with Gasteiger partial charge in [-0.3, -0.25) is 14.4 Å². The highest BCUT2D eigenvalue weighted by atomic mass is 32.2. The van der Waals surface area contributed by atoms with E-state index in [4.69, 9.17) is 9.47 Å². The van der Waals surface area contributed by atoms with Crippen molar-refractivity contribution in [3.05, 3.63) is 53.6 Å². The lowest BCUT2D eigenvalue weighted by Gasteiger charge is -2.22. The standard InChI is InChI=1S/C22H21N3O5S/c26-19(24-13-5-6-17-18(11-13)30-10-9-29-17)7-8-23-20(27)16-12-31-22-15-4-2-1-3-14(15)21(28)25(16)22/h1-6,11,16,22H,7-10,12H2,(H,23,27)(H,24,26)/t16-,22+/m0/s1. The van der Waals surface area contributed by atoms with E-state index in [1.165, 1.54) is 0 Å². The van der Waals surface area contributed by atoms with Crippen LogP contribution in [0.15, 0.2) is 42.5 Å². The number of anilines is 1. The molecule has 2 N–H and O–H groups in total. The minimum atomic E-state index is -0.532. The highest BCUT2D eigenvalue weighted by Gasteiger charge is 2.48. The van der Waals surface area contributed by atoms with Crippen molar-refractivity contribution < 1.29 is 23.9 Å². The third-order valence-electron chi connectivity index (χ3n) is 5.47. The second kappa shape index (κ2) is 8.14. The number of carbonyl (C=O) groups is 3. The molecule has 31 heavy (non-hydrogen) atoms. The first-order valence-electron chi connectivity index (χ1n) is 10.1. The van der Waals surface area contributed by atoms with Gasteiger partial charge in [-0.25, -0.2) is 0 Å². The summed E-state index contributed by atoms with van der Waals surface area (Å²) in [5.74, 6) is 1.23. The number of rotatable bonds is 5. The van der Waals surface area contributed by atoms with Crippen LogP contribution in [0.1, 0.15) is 27.7 Å². The van der Waals surface area contributed by atoms with Crippen LogP contribution in [0.3, 0.4) is 0 Å². The van der Waals surface area contributed by atoms with Crippen molar-refractivity contribution in [2.75, 3.05) is 30.8 Å². The number of fused-ring (bicyclic) bond motifs is 4. The fourth-order valence-electron chi connectivity index (χ4n) is 4.00. The second-order valence-electron chi connectivity index (χ2n) is 7.45. The molecule has 0 aliphatic carbocycles. The number of ether oxygens (including phenoxy) is 2. The van der Waals surface area contributed by atoms with Gasteiger partial charge in [0.2, 0.25) is 11.8 Å². The Hall–Kier alpha value is -3.20. The molecule has 2 atom stereocenters. The van der Waals surface area contributed by atoms with Gasteiger partial charge in [0, 0.05) is 36.0 Å². The van der Waals surface area contributed by atoms with Crippen LogP contribution >= 0.6 is 11.8 Å². The summed E-state index contributed by atoms with van der Waals surface area (Å²) in [6.07, 6.45) is 0.123. The molecule has 3 aliphatic rings. The van der Waals surface area contributed by atoms with Crippen molar-refractivity contribution in [3.8, 4) is 11.5 Å². The van der Waals surface area contributed by atoms with Crippen LogP contribution in [0.25, 0.3) is 0 Å². The van der Waals surface area contributed by atoms with Crippen LogP contribution in [0.2, 0.25) is 0 Å². The van der Waals surface area contributed by atoms with Crippen LogP contribution in [0, 0.1) is 0 Å². The molecule has 0 saturated carbocycles. The first-order valence-corrected chi connectivity index (χ1v) is 11.2. The van der Waals surface area contributed by atoms with Gasteiger partial charge in [-0.05, 0) is 23.8 Å². The molecule has 5 rings (SSSR count). The molecule has 2 aromatic rings. The number of benzene rings is 2. The van der Waals surface area contributed by atoms with Gasteiger partial charge in [-0.2, -0.15) is 0 Å². The van der Waals surface area contributed by atoms with Crippen molar-refractivity contribution in [1.82, 2.24) is 10.2 Å². The molecular weight excluding hydrogens is 418 g/mol. The fourth-order valence-corrected chi connectivity index (χ4v) is 5.47. The molecule has 0 aromatic heterocycles. The van der Waals surface area contributed by atoms with Crippen molar-refractivity contribution in [1.29, 1.82) is 0 Å². The molecule has 1 fully saturated rings. The van der Waals surface area contributed by atoms with Crippen LogP contribution < -0.4 is 20.1 Å². The quantitative estimate of drug-likeness (QED) is 0.741. The van der Waals surface area contributed by atoms with Crippen LogP contribution in [-0.2, 0) is 9.59 Å². The molecule has 2 aromatic carbocycles. The van der Waals surface area contributed by atoms with Gasteiger partial charge < -0.3 is 25.0 Å². The summed E-state index contributed by atoms with van der Waals surface area (Å²) < 4.78 is 11.0. The minimum Gasteiger partial charge on any atom is -0.486 e. The molecule has 0 spiro atoms. The average Bonchev–Trinajstić information content (AvgIpc) is 3.34. The lowest BCUT2D eigenvalue weighted by atomic mass is 10.1. The number of nitrogens with zero attached hydrogens (tertiary/aromatic N) is 1. The SMILES string of the molecule is O=C(CCNC(=O)[C@@H]1CS[C@@H]2c3ccccc3C(=O)N21)Nc1ccc2c(c1)OCCO2. The molecule has 0 bridgehead atoms. The summed E-state index contributed by atoms with van der Waals surface area (Å²) in [7, 11) is 0. The van der Waals surface area contributed by atoms with E-state index in [1.807, 2.05) is 18.2 Å². The number of thioether (sulfide) groups is 1. The molecule has 1 saturated heterocycles. The highest BCUT2D eigenvalue weighted by molar-refractivity contribution is 7.99. The van der Waals surface area contributed by atoms with E-state index in [2.05, 4.69) is 10.6 Å². The predicted molar refractivity (Wildman–Crippen MR) is 115 cm³/mol. The summed E-state index contributed by atoms with van der Waals surface area (Å²) in [6.45, 7) is 1.17. The van der Waals surface area contributed by atoms with E-state index < -0.39 is 6.04 Å².